The van der Waals surface area contributed by atoms with Crippen LogP contribution in [0.4, 0.5) is 13.2 Å². The van der Waals surface area contributed by atoms with Crippen LogP contribution in [0.3, 0.4) is 0 Å². The minimum Gasteiger partial charge on any atom is -0.313 e. The first-order valence-electron chi connectivity index (χ1n) is 7.65. The molecule has 1 fully saturated rings. The third-order valence-electron chi connectivity index (χ3n) is 4.68. The van der Waals surface area contributed by atoms with E-state index in [9.17, 15) is 13.2 Å². The molecule has 0 radical (unpaired) electrons. The van der Waals surface area contributed by atoms with E-state index >= 15 is 0 Å². The molecule has 2 nitrogen and oxygen atoms in total. The number of halogens is 3. The highest BCUT2D eigenvalue weighted by molar-refractivity contribution is 5.31. The van der Waals surface area contributed by atoms with Gasteiger partial charge in [0.2, 0.25) is 0 Å². The van der Waals surface area contributed by atoms with Crippen molar-refractivity contribution < 1.29 is 13.2 Å². The summed E-state index contributed by atoms with van der Waals surface area (Å²) in [5.41, 5.74) is 2.42. The summed E-state index contributed by atoms with van der Waals surface area (Å²) in [5.74, 6) is -1.17. The van der Waals surface area contributed by atoms with Crippen LogP contribution in [0, 0.1) is 5.92 Å². The number of benzene rings is 1. The Kier molecular flexibility index (Phi) is 4.22. The predicted octanol–water partition coefficient (Wildman–Crippen LogP) is 3.50. The van der Waals surface area contributed by atoms with Crippen LogP contribution in [0.15, 0.2) is 24.3 Å². The molecule has 0 aliphatic carbocycles. The van der Waals surface area contributed by atoms with Gasteiger partial charge in [-0.25, -0.2) is 0 Å². The fourth-order valence-corrected chi connectivity index (χ4v) is 3.57. The van der Waals surface area contributed by atoms with E-state index in [-0.39, 0.29) is 19.0 Å². The quantitative estimate of drug-likeness (QED) is 0.853. The maximum Gasteiger partial charge on any atom is 0.393 e. The SMILES string of the molecule is FC(F)(F)C1CCCN(C2CCNCc3ccccc32)C1. The highest BCUT2D eigenvalue weighted by atomic mass is 19.4. The molecule has 116 valence electrons. The number of alkyl halides is 3. The molecule has 2 unspecified atom stereocenters. The van der Waals surface area contributed by atoms with E-state index in [2.05, 4.69) is 17.4 Å². The Morgan fingerprint density at radius 3 is 2.76 bits per heavy atom. The van der Waals surface area contributed by atoms with Crippen LogP contribution in [0.25, 0.3) is 0 Å². The number of rotatable bonds is 1. The summed E-state index contributed by atoms with van der Waals surface area (Å²) in [6, 6.07) is 8.25. The van der Waals surface area contributed by atoms with Gasteiger partial charge in [-0.3, -0.25) is 4.90 Å². The van der Waals surface area contributed by atoms with Gasteiger partial charge in [-0.1, -0.05) is 24.3 Å². The number of likely N-dealkylation sites (tertiary alicyclic amines) is 1. The van der Waals surface area contributed by atoms with Crippen molar-refractivity contribution in [2.45, 2.75) is 38.0 Å². The first-order chi connectivity index (χ1) is 10.1. The Morgan fingerprint density at radius 2 is 1.95 bits per heavy atom. The number of nitrogens with zero attached hydrogens (tertiary/aromatic N) is 1. The first-order valence-corrected chi connectivity index (χ1v) is 7.65. The molecule has 0 amide bonds. The average molecular weight is 298 g/mol. The number of hydrogen-bond acceptors (Lipinski definition) is 2. The lowest BCUT2D eigenvalue weighted by molar-refractivity contribution is -0.188. The largest absolute Gasteiger partial charge is 0.393 e. The number of fused-ring (bicyclic) bond motifs is 1. The number of hydrogen-bond donors (Lipinski definition) is 1. The zero-order valence-electron chi connectivity index (χ0n) is 12.0. The Labute approximate surface area is 123 Å². The molecule has 0 saturated carbocycles. The van der Waals surface area contributed by atoms with Gasteiger partial charge in [0.1, 0.15) is 0 Å². The Morgan fingerprint density at radius 1 is 1.14 bits per heavy atom. The summed E-state index contributed by atoms with van der Waals surface area (Å²) < 4.78 is 39.1. The lowest BCUT2D eigenvalue weighted by Crippen LogP contribution is -2.43. The molecule has 3 rings (SSSR count). The third kappa shape index (κ3) is 3.24. The van der Waals surface area contributed by atoms with Crippen LogP contribution < -0.4 is 5.32 Å². The second-order valence-electron chi connectivity index (χ2n) is 6.06. The topological polar surface area (TPSA) is 15.3 Å². The van der Waals surface area contributed by atoms with Gasteiger partial charge in [0.05, 0.1) is 5.92 Å². The van der Waals surface area contributed by atoms with E-state index in [1.807, 2.05) is 17.0 Å². The van der Waals surface area contributed by atoms with E-state index in [1.54, 1.807) is 0 Å². The molecule has 0 bridgehead atoms. The summed E-state index contributed by atoms with van der Waals surface area (Å²) in [5, 5.41) is 3.37. The molecular formula is C16H21F3N2. The van der Waals surface area contributed by atoms with Crippen LogP contribution in [0.5, 0.6) is 0 Å². The Bertz CT molecular complexity index is 487. The van der Waals surface area contributed by atoms with Crippen molar-refractivity contribution in [1.29, 1.82) is 0 Å². The Balaban J connectivity index is 1.82. The fourth-order valence-electron chi connectivity index (χ4n) is 3.57. The van der Waals surface area contributed by atoms with Crippen molar-refractivity contribution in [1.82, 2.24) is 10.2 Å². The molecule has 2 heterocycles. The monoisotopic (exact) mass is 298 g/mol. The molecule has 21 heavy (non-hydrogen) atoms. The zero-order valence-corrected chi connectivity index (χ0v) is 12.0. The van der Waals surface area contributed by atoms with Gasteiger partial charge in [-0.05, 0) is 43.5 Å². The molecular weight excluding hydrogens is 277 g/mol. The van der Waals surface area contributed by atoms with E-state index in [4.69, 9.17) is 0 Å². The van der Waals surface area contributed by atoms with Crippen LogP contribution >= 0.6 is 0 Å². The van der Waals surface area contributed by atoms with Gasteiger partial charge in [-0.2, -0.15) is 13.2 Å². The highest BCUT2D eigenvalue weighted by Crippen LogP contribution is 2.38. The predicted molar refractivity (Wildman–Crippen MR) is 75.9 cm³/mol. The van der Waals surface area contributed by atoms with Gasteiger partial charge in [0, 0.05) is 19.1 Å². The summed E-state index contributed by atoms with van der Waals surface area (Å²) in [4.78, 5) is 2.05. The minimum atomic E-state index is -4.07. The standard InChI is InChI=1S/C16H21F3N2/c17-16(18,19)13-5-3-9-21(11-13)15-7-8-20-10-12-4-1-2-6-14(12)15/h1-2,4,6,13,15,20H,3,5,7-11H2. The van der Waals surface area contributed by atoms with Gasteiger partial charge in [0.15, 0.2) is 0 Å². The van der Waals surface area contributed by atoms with E-state index in [1.165, 1.54) is 11.1 Å². The number of piperidine rings is 1. The average Bonchev–Trinajstić information content (AvgIpc) is 2.69. The molecule has 2 aliphatic rings. The molecule has 1 aromatic carbocycles. The molecule has 1 aromatic rings. The maximum atomic E-state index is 13.0. The summed E-state index contributed by atoms with van der Waals surface area (Å²) in [6.07, 6.45) is -2.29. The Hall–Kier alpha value is -1.07. The minimum absolute atomic E-state index is 0.112. The van der Waals surface area contributed by atoms with E-state index < -0.39 is 12.1 Å². The van der Waals surface area contributed by atoms with E-state index in [0.717, 1.165) is 26.1 Å². The molecule has 1 N–H and O–H groups in total. The van der Waals surface area contributed by atoms with Crippen molar-refractivity contribution in [3.05, 3.63) is 35.4 Å². The van der Waals surface area contributed by atoms with Crippen LogP contribution in [0.2, 0.25) is 0 Å². The first kappa shape index (κ1) is 14.9. The van der Waals surface area contributed by atoms with Crippen LogP contribution in [-0.4, -0.2) is 30.7 Å². The van der Waals surface area contributed by atoms with Crippen LogP contribution in [-0.2, 0) is 6.54 Å². The molecule has 5 heteroatoms. The smallest absolute Gasteiger partial charge is 0.313 e. The van der Waals surface area contributed by atoms with E-state index in [0.29, 0.717) is 6.42 Å². The van der Waals surface area contributed by atoms with Crippen molar-refractivity contribution in [2.75, 3.05) is 19.6 Å². The summed E-state index contributed by atoms with van der Waals surface area (Å²) in [7, 11) is 0. The summed E-state index contributed by atoms with van der Waals surface area (Å²) >= 11 is 0. The summed E-state index contributed by atoms with van der Waals surface area (Å²) in [6.45, 7) is 2.57. The molecule has 0 aromatic heterocycles. The third-order valence-corrected chi connectivity index (χ3v) is 4.68. The lowest BCUT2D eigenvalue weighted by Gasteiger charge is -2.39. The number of nitrogens with one attached hydrogen (secondary N) is 1. The zero-order chi connectivity index (χ0) is 14.9. The van der Waals surface area contributed by atoms with Crippen molar-refractivity contribution in [3.8, 4) is 0 Å². The molecule has 2 aliphatic heterocycles. The van der Waals surface area contributed by atoms with Gasteiger partial charge in [-0.15, -0.1) is 0 Å². The van der Waals surface area contributed by atoms with Gasteiger partial charge < -0.3 is 5.32 Å². The van der Waals surface area contributed by atoms with Crippen molar-refractivity contribution >= 4 is 0 Å². The molecule has 0 spiro atoms. The lowest BCUT2D eigenvalue weighted by atomic mass is 9.92. The van der Waals surface area contributed by atoms with Crippen molar-refractivity contribution in [3.63, 3.8) is 0 Å². The second kappa shape index (κ2) is 5.97. The van der Waals surface area contributed by atoms with Gasteiger partial charge in [0.25, 0.3) is 0 Å². The van der Waals surface area contributed by atoms with Crippen LogP contribution in [0.1, 0.15) is 36.4 Å². The molecule has 2 atom stereocenters. The van der Waals surface area contributed by atoms with Gasteiger partial charge >= 0.3 is 6.18 Å². The van der Waals surface area contributed by atoms with Crippen molar-refractivity contribution in [2.24, 2.45) is 5.92 Å². The highest BCUT2D eigenvalue weighted by Gasteiger charge is 2.43. The fraction of sp³-hybridized carbons (Fsp3) is 0.625. The molecule has 1 saturated heterocycles. The normalized spacial score (nSPS) is 28.0. The second-order valence-corrected chi connectivity index (χ2v) is 6.06. The maximum absolute atomic E-state index is 13.0.